The lowest BCUT2D eigenvalue weighted by molar-refractivity contribution is 0.462. The molecule has 0 fully saturated rings. The Morgan fingerprint density at radius 2 is 2.00 bits per heavy atom. The second kappa shape index (κ2) is 4.80. The molecule has 0 amide bonds. The van der Waals surface area contributed by atoms with Crippen molar-refractivity contribution in [3.63, 3.8) is 0 Å². The summed E-state index contributed by atoms with van der Waals surface area (Å²) < 4.78 is 0. The molecule has 0 saturated carbocycles. The highest BCUT2D eigenvalue weighted by Crippen LogP contribution is 1.98. The normalized spacial score (nSPS) is 14.3. The quantitative estimate of drug-likeness (QED) is 0.609. The zero-order valence-electron chi connectivity index (χ0n) is 6.78. The first-order chi connectivity index (χ1) is 4.18. The Kier molecular flexibility index (Phi) is 4.78. The van der Waals surface area contributed by atoms with Gasteiger partial charge >= 0.3 is 0 Å². The van der Waals surface area contributed by atoms with E-state index in [4.69, 9.17) is 0 Å². The third-order valence-corrected chi connectivity index (χ3v) is 1.46. The Hall–Kier alpha value is -0.0400. The SMILES string of the molecule is [CH2]C(NCCC)C(C)C. The summed E-state index contributed by atoms with van der Waals surface area (Å²) in [6, 6.07) is 0.421. The molecule has 0 aliphatic rings. The van der Waals surface area contributed by atoms with Gasteiger partial charge in [0.1, 0.15) is 0 Å². The molecule has 0 aromatic rings. The monoisotopic (exact) mass is 128 g/mol. The molecule has 0 aliphatic carbocycles. The molecule has 0 aromatic heterocycles. The molecule has 0 saturated heterocycles. The van der Waals surface area contributed by atoms with Crippen LogP contribution in [0.5, 0.6) is 0 Å². The highest BCUT2D eigenvalue weighted by atomic mass is 14.9. The molecule has 0 bridgehead atoms. The molecule has 1 unspecified atom stereocenters. The summed E-state index contributed by atoms with van der Waals surface area (Å²) in [6.45, 7) is 11.6. The van der Waals surface area contributed by atoms with E-state index in [0.717, 1.165) is 6.54 Å². The minimum absolute atomic E-state index is 0.421. The van der Waals surface area contributed by atoms with Gasteiger partial charge in [0.15, 0.2) is 0 Å². The van der Waals surface area contributed by atoms with Crippen LogP contribution in [0.1, 0.15) is 27.2 Å². The summed E-state index contributed by atoms with van der Waals surface area (Å²) in [5, 5.41) is 3.32. The van der Waals surface area contributed by atoms with Gasteiger partial charge in [0.25, 0.3) is 0 Å². The van der Waals surface area contributed by atoms with Crippen molar-refractivity contribution in [2.24, 2.45) is 5.92 Å². The molecule has 1 N–H and O–H groups in total. The second-order valence-electron chi connectivity index (χ2n) is 2.80. The van der Waals surface area contributed by atoms with Crippen LogP contribution >= 0.6 is 0 Å². The Bertz CT molecular complexity index is 59.6. The van der Waals surface area contributed by atoms with Gasteiger partial charge in [-0.25, -0.2) is 0 Å². The first-order valence-electron chi connectivity index (χ1n) is 3.75. The molecular weight excluding hydrogens is 110 g/mol. The maximum Gasteiger partial charge on any atom is 0.00906 e. The Balaban J connectivity index is 3.16. The summed E-state index contributed by atoms with van der Waals surface area (Å²) in [7, 11) is 0. The van der Waals surface area contributed by atoms with Gasteiger partial charge in [-0.2, -0.15) is 0 Å². The lowest BCUT2D eigenvalue weighted by Crippen LogP contribution is -2.31. The smallest absolute Gasteiger partial charge is 0.00906 e. The van der Waals surface area contributed by atoms with Crippen molar-refractivity contribution >= 4 is 0 Å². The number of nitrogens with one attached hydrogen (secondary N) is 1. The maximum atomic E-state index is 3.96. The molecule has 1 heteroatoms. The van der Waals surface area contributed by atoms with Crippen LogP contribution in [-0.4, -0.2) is 12.6 Å². The van der Waals surface area contributed by atoms with Gasteiger partial charge in [-0.1, -0.05) is 20.8 Å². The van der Waals surface area contributed by atoms with Crippen molar-refractivity contribution in [2.45, 2.75) is 33.2 Å². The van der Waals surface area contributed by atoms with E-state index in [1.807, 2.05) is 0 Å². The van der Waals surface area contributed by atoms with E-state index in [-0.39, 0.29) is 0 Å². The van der Waals surface area contributed by atoms with E-state index in [9.17, 15) is 0 Å². The molecule has 9 heavy (non-hydrogen) atoms. The topological polar surface area (TPSA) is 12.0 Å². The fourth-order valence-electron chi connectivity index (χ4n) is 0.565. The van der Waals surface area contributed by atoms with Crippen LogP contribution < -0.4 is 5.32 Å². The van der Waals surface area contributed by atoms with Crippen LogP contribution in [0.25, 0.3) is 0 Å². The third kappa shape index (κ3) is 4.46. The zero-order chi connectivity index (χ0) is 7.28. The largest absolute Gasteiger partial charge is 0.314 e. The lowest BCUT2D eigenvalue weighted by Gasteiger charge is -2.15. The predicted octanol–water partition coefficient (Wildman–Crippen LogP) is 1.84. The van der Waals surface area contributed by atoms with Crippen molar-refractivity contribution in [2.75, 3.05) is 6.54 Å². The fraction of sp³-hybridized carbons (Fsp3) is 0.875. The van der Waals surface area contributed by atoms with Gasteiger partial charge in [0.2, 0.25) is 0 Å². The van der Waals surface area contributed by atoms with E-state index in [1.54, 1.807) is 0 Å². The minimum atomic E-state index is 0.421. The molecule has 0 spiro atoms. The van der Waals surface area contributed by atoms with Gasteiger partial charge in [-0.15, -0.1) is 0 Å². The molecule has 0 heterocycles. The lowest BCUT2D eigenvalue weighted by atomic mass is 10.1. The van der Waals surface area contributed by atoms with Crippen molar-refractivity contribution in [3.05, 3.63) is 6.92 Å². The summed E-state index contributed by atoms with van der Waals surface area (Å²) in [5.74, 6) is 0.650. The number of hydrogen-bond acceptors (Lipinski definition) is 1. The van der Waals surface area contributed by atoms with Crippen molar-refractivity contribution < 1.29 is 0 Å². The average Bonchev–Trinajstić information content (AvgIpc) is 1.82. The number of rotatable bonds is 4. The van der Waals surface area contributed by atoms with Gasteiger partial charge in [-0.05, 0) is 25.8 Å². The number of hydrogen-bond donors (Lipinski definition) is 1. The first-order valence-corrected chi connectivity index (χ1v) is 3.75. The molecule has 1 nitrogen and oxygen atoms in total. The van der Waals surface area contributed by atoms with Crippen LogP contribution in [0.4, 0.5) is 0 Å². The van der Waals surface area contributed by atoms with E-state index in [0.29, 0.717) is 12.0 Å². The third-order valence-electron chi connectivity index (χ3n) is 1.46. The summed E-state index contributed by atoms with van der Waals surface area (Å²) in [5.41, 5.74) is 0. The van der Waals surface area contributed by atoms with E-state index >= 15 is 0 Å². The highest BCUT2D eigenvalue weighted by molar-refractivity contribution is 4.71. The Morgan fingerprint density at radius 1 is 1.44 bits per heavy atom. The van der Waals surface area contributed by atoms with Crippen LogP contribution in [0.3, 0.4) is 0 Å². The summed E-state index contributed by atoms with van der Waals surface area (Å²) >= 11 is 0. The summed E-state index contributed by atoms with van der Waals surface area (Å²) in [4.78, 5) is 0. The highest BCUT2D eigenvalue weighted by Gasteiger charge is 2.03. The Labute approximate surface area is 58.8 Å². The van der Waals surface area contributed by atoms with Crippen LogP contribution in [0.2, 0.25) is 0 Å². The van der Waals surface area contributed by atoms with E-state index in [1.165, 1.54) is 6.42 Å². The van der Waals surface area contributed by atoms with Gasteiger partial charge in [0.05, 0.1) is 0 Å². The Morgan fingerprint density at radius 3 is 2.33 bits per heavy atom. The van der Waals surface area contributed by atoms with Crippen molar-refractivity contribution in [3.8, 4) is 0 Å². The van der Waals surface area contributed by atoms with Gasteiger partial charge < -0.3 is 5.32 Å². The molecular formula is C8H18N. The van der Waals surface area contributed by atoms with Crippen molar-refractivity contribution in [1.29, 1.82) is 0 Å². The average molecular weight is 128 g/mol. The molecule has 0 aromatic carbocycles. The minimum Gasteiger partial charge on any atom is -0.314 e. The standard InChI is InChI=1S/C8H18N/c1-5-6-9-8(4)7(2)3/h7-9H,4-6H2,1-3H3. The molecule has 0 rings (SSSR count). The van der Waals surface area contributed by atoms with Crippen LogP contribution in [0, 0.1) is 12.8 Å². The van der Waals surface area contributed by atoms with E-state index < -0.39 is 0 Å². The molecule has 0 aliphatic heterocycles. The molecule has 1 atom stereocenters. The van der Waals surface area contributed by atoms with Crippen LogP contribution in [0.15, 0.2) is 0 Å². The zero-order valence-corrected chi connectivity index (χ0v) is 6.78. The fourth-order valence-corrected chi connectivity index (χ4v) is 0.565. The first kappa shape index (κ1) is 8.96. The summed E-state index contributed by atoms with van der Waals surface area (Å²) in [6.07, 6.45) is 1.19. The molecule has 55 valence electrons. The second-order valence-corrected chi connectivity index (χ2v) is 2.80. The van der Waals surface area contributed by atoms with Gasteiger partial charge in [0, 0.05) is 6.04 Å². The van der Waals surface area contributed by atoms with Gasteiger partial charge in [-0.3, -0.25) is 0 Å². The van der Waals surface area contributed by atoms with Crippen LogP contribution in [-0.2, 0) is 0 Å². The van der Waals surface area contributed by atoms with Crippen molar-refractivity contribution in [1.82, 2.24) is 5.32 Å². The maximum absolute atomic E-state index is 3.96. The molecule has 1 radical (unpaired) electrons. The predicted molar refractivity (Wildman–Crippen MR) is 42.3 cm³/mol. The van der Waals surface area contributed by atoms with E-state index in [2.05, 4.69) is 33.0 Å².